The summed E-state index contributed by atoms with van der Waals surface area (Å²) in [7, 11) is 1.57. The summed E-state index contributed by atoms with van der Waals surface area (Å²) in [4.78, 5) is 26.1. The highest BCUT2D eigenvalue weighted by atomic mass is 16.5. The van der Waals surface area contributed by atoms with E-state index in [0.717, 1.165) is 27.8 Å². The minimum absolute atomic E-state index is 0.211. The number of hydrogen-bond donors (Lipinski definition) is 1. The number of carbonyl (C=O) groups is 1. The average molecular weight is 378 g/mol. The van der Waals surface area contributed by atoms with Crippen LogP contribution in [0.25, 0.3) is 10.9 Å². The summed E-state index contributed by atoms with van der Waals surface area (Å²) in [6.07, 6.45) is 0.479. The number of benzene rings is 2. The molecule has 146 valence electrons. The van der Waals surface area contributed by atoms with Gasteiger partial charge in [0.1, 0.15) is 11.8 Å². The average Bonchev–Trinajstić information content (AvgIpc) is 2.63. The van der Waals surface area contributed by atoms with Crippen molar-refractivity contribution >= 4 is 22.5 Å². The Bertz CT molecular complexity index is 1080. The van der Waals surface area contributed by atoms with Gasteiger partial charge in [0.15, 0.2) is 0 Å². The standard InChI is InChI=1S/C23H26N2O3/c1-6-19(23(27)24-17-11-14(2)10-15(3)12-17)25-21(26)13-16(4)18-8-7-9-20(28-5)22(18)25/h7-13,19H,6H2,1-5H3,(H,24,27). The van der Waals surface area contributed by atoms with Crippen LogP contribution < -0.4 is 15.6 Å². The van der Waals surface area contributed by atoms with E-state index in [0.29, 0.717) is 17.7 Å². The largest absolute Gasteiger partial charge is 0.495 e. The highest BCUT2D eigenvalue weighted by molar-refractivity contribution is 5.96. The van der Waals surface area contributed by atoms with Gasteiger partial charge in [-0.05, 0) is 62.1 Å². The van der Waals surface area contributed by atoms with Crippen molar-refractivity contribution in [3.63, 3.8) is 0 Å². The van der Waals surface area contributed by atoms with E-state index >= 15 is 0 Å². The summed E-state index contributed by atoms with van der Waals surface area (Å²) in [6.45, 7) is 7.77. The number of hydrogen-bond acceptors (Lipinski definition) is 3. The van der Waals surface area contributed by atoms with Crippen LogP contribution in [-0.2, 0) is 4.79 Å². The molecule has 3 aromatic rings. The number of nitrogens with one attached hydrogen (secondary N) is 1. The predicted octanol–water partition coefficient (Wildman–Crippen LogP) is 4.53. The van der Waals surface area contributed by atoms with Gasteiger partial charge in [-0.2, -0.15) is 0 Å². The van der Waals surface area contributed by atoms with Crippen LogP contribution in [0.5, 0.6) is 5.75 Å². The minimum Gasteiger partial charge on any atom is -0.495 e. The molecule has 0 spiro atoms. The van der Waals surface area contributed by atoms with Crippen LogP contribution in [0, 0.1) is 20.8 Å². The number of aryl methyl sites for hydroxylation is 3. The zero-order valence-corrected chi connectivity index (χ0v) is 17.0. The Morgan fingerprint density at radius 1 is 1.11 bits per heavy atom. The Kier molecular flexibility index (Phi) is 5.54. The van der Waals surface area contributed by atoms with Gasteiger partial charge in [-0.3, -0.25) is 14.2 Å². The van der Waals surface area contributed by atoms with Crippen molar-refractivity contribution in [2.75, 3.05) is 12.4 Å². The van der Waals surface area contributed by atoms with Gasteiger partial charge >= 0.3 is 0 Å². The molecule has 1 N–H and O–H groups in total. The normalized spacial score (nSPS) is 12.0. The molecule has 1 heterocycles. The third kappa shape index (κ3) is 3.65. The van der Waals surface area contributed by atoms with Gasteiger partial charge < -0.3 is 10.1 Å². The van der Waals surface area contributed by atoms with Gasteiger partial charge in [0.2, 0.25) is 5.91 Å². The van der Waals surface area contributed by atoms with Crippen LogP contribution in [-0.4, -0.2) is 17.6 Å². The fourth-order valence-corrected chi connectivity index (χ4v) is 3.76. The van der Waals surface area contributed by atoms with Crippen molar-refractivity contribution in [3.05, 3.63) is 69.5 Å². The molecular formula is C23H26N2O3. The molecule has 5 heteroatoms. The number of ether oxygens (including phenoxy) is 1. The number of fused-ring (bicyclic) bond motifs is 1. The molecule has 2 aromatic carbocycles. The maximum atomic E-state index is 13.1. The molecule has 1 atom stereocenters. The lowest BCUT2D eigenvalue weighted by Crippen LogP contribution is -2.33. The first-order valence-corrected chi connectivity index (χ1v) is 9.43. The summed E-state index contributed by atoms with van der Waals surface area (Å²) in [5.74, 6) is 0.363. The molecule has 1 amide bonds. The first-order valence-electron chi connectivity index (χ1n) is 9.43. The Morgan fingerprint density at radius 3 is 2.39 bits per heavy atom. The van der Waals surface area contributed by atoms with E-state index in [1.165, 1.54) is 0 Å². The summed E-state index contributed by atoms with van der Waals surface area (Å²) in [5.41, 5.74) is 4.18. The van der Waals surface area contributed by atoms with E-state index in [2.05, 4.69) is 11.4 Å². The lowest BCUT2D eigenvalue weighted by molar-refractivity contribution is -0.119. The molecule has 0 saturated heterocycles. The Hall–Kier alpha value is -3.08. The van der Waals surface area contributed by atoms with E-state index in [9.17, 15) is 9.59 Å². The smallest absolute Gasteiger partial charge is 0.252 e. The molecule has 1 aromatic heterocycles. The Balaban J connectivity index is 2.13. The highest BCUT2D eigenvalue weighted by Gasteiger charge is 2.24. The van der Waals surface area contributed by atoms with Crippen molar-refractivity contribution in [2.24, 2.45) is 0 Å². The second-order valence-electron chi connectivity index (χ2n) is 7.18. The fraction of sp³-hybridized carbons (Fsp3) is 0.304. The Morgan fingerprint density at radius 2 is 1.79 bits per heavy atom. The van der Waals surface area contributed by atoms with Crippen LogP contribution >= 0.6 is 0 Å². The van der Waals surface area contributed by atoms with E-state index in [4.69, 9.17) is 4.74 Å². The maximum absolute atomic E-state index is 13.1. The zero-order chi connectivity index (χ0) is 20.4. The number of carbonyl (C=O) groups excluding carboxylic acids is 1. The van der Waals surface area contributed by atoms with Gasteiger partial charge in [-0.15, -0.1) is 0 Å². The molecule has 0 radical (unpaired) electrons. The number of methoxy groups -OCH3 is 1. The van der Waals surface area contributed by atoms with Crippen LogP contribution in [0.3, 0.4) is 0 Å². The SMILES string of the molecule is CCC(C(=O)Nc1cc(C)cc(C)c1)n1c(=O)cc(C)c2cccc(OC)c21. The van der Waals surface area contributed by atoms with Crippen LogP contribution in [0.1, 0.15) is 36.1 Å². The van der Waals surface area contributed by atoms with Crippen molar-refractivity contribution in [2.45, 2.75) is 40.2 Å². The van der Waals surface area contributed by atoms with Crippen molar-refractivity contribution < 1.29 is 9.53 Å². The number of nitrogens with zero attached hydrogens (tertiary/aromatic N) is 1. The third-order valence-electron chi connectivity index (χ3n) is 4.95. The van der Waals surface area contributed by atoms with Crippen molar-refractivity contribution in [3.8, 4) is 5.75 Å². The quantitative estimate of drug-likeness (QED) is 0.710. The van der Waals surface area contributed by atoms with Gasteiger partial charge in [-0.1, -0.05) is 25.1 Å². The lowest BCUT2D eigenvalue weighted by Gasteiger charge is -2.22. The molecule has 3 rings (SSSR count). The number of aromatic nitrogens is 1. The van der Waals surface area contributed by atoms with Crippen molar-refractivity contribution in [1.29, 1.82) is 0 Å². The summed E-state index contributed by atoms with van der Waals surface area (Å²) in [5, 5.41) is 3.88. The van der Waals surface area contributed by atoms with Gasteiger partial charge in [0.25, 0.3) is 5.56 Å². The molecule has 0 aliphatic carbocycles. The minimum atomic E-state index is -0.646. The maximum Gasteiger partial charge on any atom is 0.252 e. The van der Waals surface area contributed by atoms with Gasteiger partial charge in [0, 0.05) is 17.1 Å². The second kappa shape index (κ2) is 7.89. The molecule has 5 nitrogen and oxygen atoms in total. The van der Waals surface area contributed by atoms with Crippen molar-refractivity contribution in [1.82, 2.24) is 4.57 Å². The highest BCUT2D eigenvalue weighted by Crippen LogP contribution is 2.29. The Labute approximate surface area is 165 Å². The molecule has 0 fully saturated rings. The fourth-order valence-electron chi connectivity index (χ4n) is 3.76. The summed E-state index contributed by atoms with van der Waals surface area (Å²) >= 11 is 0. The molecular weight excluding hydrogens is 352 g/mol. The molecule has 0 aliphatic rings. The molecule has 0 saturated carbocycles. The van der Waals surface area contributed by atoms with E-state index in [1.54, 1.807) is 17.7 Å². The third-order valence-corrected chi connectivity index (χ3v) is 4.95. The first-order chi connectivity index (χ1) is 13.3. The number of pyridine rings is 1. The topological polar surface area (TPSA) is 60.3 Å². The molecule has 28 heavy (non-hydrogen) atoms. The summed E-state index contributed by atoms with van der Waals surface area (Å²) < 4.78 is 7.07. The van der Waals surface area contributed by atoms with E-state index in [1.807, 2.05) is 58.0 Å². The number of rotatable bonds is 5. The van der Waals surface area contributed by atoms with Crippen LogP contribution in [0.2, 0.25) is 0 Å². The first kappa shape index (κ1) is 19.7. The van der Waals surface area contributed by atoms with E-state index < -0.39 is 6.04 Å². The van der Waals surface area contributed by atoms with E-state index in [-0.39, 0.29) is 11.5 Å². The van der Waals surface area contributed by atoms with Crippen LogP contribution in [0.15, 0.2) is 47.3 Å². The zero-order valence-electron chi connectivity index (χ0n) is 17.0. The lowest BCUT2D eigenvalue weighted by atomic mass is 10.1. The van der Waals surface area contributed by atoms with Crippen LogP contribution in [0.4, 0.5) is 5.69 Å². The molecule has 0 bridgehead atoms. The summed E-state index contributed by atoms with van der Waals surface area (Å²) in [6, 6.07) is 12.5. The predicted molar refractivity (Wildman–Crippen MR) is 113 cm³/mol. The number of para-hydroxylation sites is 1. The van der Waals surface area contributed by atoms with Gasteiger partial charge in [-0.25, -0.2) is 0 Å². The second-order valence-corrected chi connectivity index (χ2v) is 7.18. The molecule has 0 aliphatic heterocycles. The van der Waals surface area contributed by atoms with Gasteiger partial charge in [0.05, 0.1) is 12.6 Å². The number of amides is 1. The molecule has 1 unspecified atom stereocenters. The monoisotopic (exact) mass is 378 g/mol. The number of anilines is 1.